The van der Waals surface area contributed by atoms with Crippen molar-refractivity contribution in [3.05, 3.63) is 17.7 Å². The van der Waals surface area contributed by atoms with E-state index in [1.807, 2.05) is 17.9 Å². The van der Waals surface area contributed by atoms with Crippen molar-refractivity contribution >= 4 is 11.6 Å². The maximum absolute atomic E-state index is 13.1. The molecule has 1 aliphatic carbocycles. The Labute approximate surface area is 167 Å². The number of phenolic OH excluding ortho intramolecular Hbond substituents is 1. The van der Waals surface area contributed by atoms with Crippen LogP contribution >= 0.6 is 0 Å². The lowest BCUT2D eigenvalue weighted by molar-refractivity contribution is -0.119. The van der Waals surface area contributed by atoms with Crippen molar-refractivity contribution in [1.29, 1.82) is 0 Å². The highest BCUT2D eigenvalue weighted by Crippen LogP contribution is 2.67. The molecule has 1 amide bonds. The Kier molecular flexibility index (Phi) is 4.00. The Bertz CT molecular complexity index is 824. The number of piperidine rings is 1. The zero-order valence-corrected chi connectivity index (χ0v) is 17.3. The van der Waals surface area contributed by atoms with E-state index >= 15 is 0 Å². The summed E-state index contributed by atoms with van der Waals surface area (Å²) in [7, 11) is 1.58. The standard InChI is InChI=1S/C23H32N2O3/c1-4-18(26)25-17-9-11-22(5-2)10-6-13-24-14-12-23(17,21(22)24)15-7-8-16(28-3)20(27)19(15)25/h7-8,17,21,27H,4-6,9-14H2,1-3H3/t17-,21+,22+,23-/m1/s1. The van der Waals surface area contributed by atoms with Crippen LogP contribution in [0.5, 0.6) is 11.5 Å². The van der Waals surface area contributed by atoms with Crippen molar-refractivity contribution < 1.29 is 14.6 Å². The summed E-state index contributed by atoms with van der Waals surface area (Å²) in [5.41, 5.74) is 2.20. The zero-order valence-electron chi connectivity index (χ0n) is 17.3. The Morgan fingerprint density at radius 3 is 2.79 bits per heavy atom. The van der Waals surface area contributed by atoms with E-state index in [-0.39, 0.29) is 23.1 Å². The van der Waals surface area contributed by atoms with Crippen molar-refractivity contribution in [2.24, 2.45) is 5.41 Å². The van der Waals surface area contributed by atoms with Crippen molar-refractivity contribution in [1.82, 2.24) is 4.90 Å². The molecule has 0 bridgehead atoms. The maximum Gasteiger partial charge on any atom is 0.227 e. The van der Waals surface area contributed by atoms with Gasteiger partial charge < -0.3 is 14.7 Å². The molecule has 0 radical (unpaired) electrons. The van der Waals surface area contributed by atoms with Crippen LogP contribution in [0, 0.1) is 5.41 Å². The second kappa shape index (κ2) is 6.12. The summed E-state index contributed by atoms with van der Waals surface area (Å²) >= 11 is 0. The number of carbonyl (C=O) groups excluding carboxylic acids is 1. The monoisotopic (exact) mass is 384 g/mol. The molecule has 2 saturated heterocycles. The molecule has 1 N–H and O–H groups in total. The number of ether oxygens (including phenoxy) is 1. The molecule has 28 heavy (non-hydrogen) atoms. The molecular formula is C23H32N2O3. The van der Waals surface area contributed by atoms with Crippen LogP contribution < -0.4 is 9.64 Å². The number of methoxy groups -OCH3 is 1. The molecule has 4 atom stereocenters. The lowest BCUT2D eigenvalue weighted by atomic mass is 9.52. The molecule has 0 unspecified atom stereocenters. The Hall–Kier alpha value is -1.75. The molecule has 3 aliphatic heterocycles. The van der Waals surface area contributed by atoms with Crippen molar-refractivity contribution in [2.75, 3.05) is 25.1 Å². The number of anilines is 1. The Morgan fingerprint density at radius 2 is 2.07 bits per heavy atom. The highest BCUT2D eigenvalue weighted by Gasteiger charge is 2.68. The summed E-state index contributed by atoms with van der Waals surface area (Å²) in [6, 6.07) is 4.67. The van der Waals surface area contributed by atoms with Crippen molar-refractivity contribution in [3.8, 4) is 11.5 Å². The van der Waals surface area contributed by atoms with Gasteiger partial charge in [0.2, 0.25) is 5.91 Å². The Balaban J connectivity index is 1.76. The topological polar surface area (TPSA) is 53.0 Å². The first-order valence-corrected chi connectivity index (χ1v) is 11.0. The highest BCUT2D eigenvalue weighted by molar-refractivity contribution is 6.00. The molecule has 1 spiro atoms. The van der Waals surface area contributed by atoms with Crippen molar-refractivity contribution in [3.63, 3.8) is 0 Å². The van der Waals surface area contributed by atoms with Gasteiger partial charge in [-0.15, -0.1) is 0 Å². The van der Waals surface area contributed by atoms with Gasteiger partial charge >= 0.3 is 0 Å². The molecule has 5 rings (SSSR count). The maximum atomic E-state index is 13.1. The number of fused-ring (bicyclic) bond motifs is 1. The molecular weight excluding hydrogens is 352 g/mol. The lowest BCUT2D eigenvalue weighted by Gasteiger charge is -2.58. The summed E-state index contributed by atoms with van der Waals surface area (Å²) in [4.78, 5) is 17.8. The first kappa shape index (κ1) is 18.3. The second-order valence-electron chi connectivity index (χ2n) is 9.23. The van der Waals surface area contributed by atoms with E-state index in [1.165, 1.54) is 37.8 Å². The van der Waals surface area contributed by atoms with Crippen LogP contribution in [-0.2, 0) is 10.2 Å². The largest absolute Gasteiger partial charge is 0.503 e. The van der Waals surface area contributed by atoms with Gasteiger partial charge in [0.05, 0.1) is 12.8 Å². The zero-order chi connectivity index (χ0) is 19.7. The predicted molar refractivity (Wildman–Crippen MR) is 109 cm³/mol. The number of hydrogen-bond acceptors (Lipinski definition) is 4. The number of aromatic hydroxyl groups is 1. The first-order valence-electron chi connectivity index (χ1n) is 11.0. The fourth-order valence-electron chi connectivity index (χ4n) is 7.50. The fraction of sp³-hybridized carbons (Fsp3) is 0.696. The highest BCUT2D eigenvalue weighted by atomic mass is 16.5. The average molecular weight is 385 g/mol. The fourth-order valence-corrected chi connectivity index (χ4v) is 7.50. The average Bonchev–Trinajstić information content (AvgIpc) is 3.26. The van der Waals surface area contributed by atoms with Crippen LogP contribution in [0.4, 0.5) is 5.69 Å². The Morgan fingerprint density at radius 1 is 1.25 bits per heavy atom. The first-order chi connectivity index (χ1) is 13.5. The van der Waals surface area contributed by atoms with E-state index in [1.54, 1.807) is 7.11 Å². The number of phenols is 1. The molecule has 1 aromatic rings. The smallest absolute Gasteiger partial charge is 0.227 e. The third kappa shape index (κ3) is 1.99. The van der Waals surface area contributed by atoms with Gasteiger partial charge in [-0.1, -0.05) is 19.9 Å². The van der Waals surface area contributed by atoms with Gasteiger partial charge in [-0.05, 0) is 68.7 Å². The number of hydrogen-bond donors (Lipinski definition) is 1. The number of nitrogens with zero attached hydrogens (tertiary/aromatic N) is 2. The normalized spacial score (nSPS) is 36.0. The molecule has 1 saturated carbocycles. The van der Waals surface area contributed by atoms with Gasteiger partial charge in [0.1, 0.15) is 0 Å². The minimum atomic E-state index is -0.0569. The van der Waals surface area contributed by atoms with Gasteiger partial charge in [-0.2, -0.15) is 0 Å². The molecule has 3 heterocycles. The number of amides is 1. The summed E-state index contributed by atoms with van der Waals surface area (Å²) < 4.78 is 5.41. The van der Waals surface area contributed by atoms with Gasteiger partial charge in [-0.25, -0.2) is 0 Å². The van der Waals surface area contributed by atoms with Crippen LogP contribution in [0.15, 0.2) is 12.1 Å². The third-order valence-corrected chi connectivity index (χ3v) is 8.54. The van der Waals surface area contributed by atoms with Crippen molar-refractivity contribution in [2.45, 2.75) is 76.3 Å². The van der Waals surface area contributed by atoms with E-state index in [9.17, 15) is 9.90 Å². The molecule has 4 aliphatic rings. The number of benzene rings is 1. The minimum absolute atomic E-state index is 0.0569. The molecule has 3 fully saturated rings. The lowest BCUT2D eigenvalue weighted by Crippen LogP contribution is -2.65. The van der Waals surface area contributed by atoms with Gasteiger partial charge in [0.25, 0.3) is 0 Å². The van der Waals surface area contributed by atoms with Crippen LogP contribution in [-0.4, -0.2) is 48.2 Å². The predicted octanol–water partition coefficient (Wildman–Crippen LogP) is 3.82. The van der Waals surface area contributed by atoms with E-state index < -0.39 is 0 Å². The molecule has 152 valence electrons. The molecule has 0 aromatic heterocycles. The number of rotatable bonds is 3. The van der Waals surface area contributed by atoms with Gasteiger partial charge in [-0.3, -0.25) is 9.69 Å². The summed E-state index contributed by atoms with van der Waals surface area (Å²) in [6.07, 6.45) is 7.51. The van der Waals surface area contributed by atoms with Gasteiger partial charge in [0.15, 0.2) is 11.5 Å². The van der Waals surface area contributed by atoms with Crippen LogP contribution in [0.3, 0.4) is 0 Å². The minimum Gasteiger partial charge on any atom is -0.503 e. The molecule has 5 heteroatoms. The van der Waals surface area contributed by atoms with Crippen LogP contribution in [0.25, 0.3) is 0 Å². The molecule has 1 aromatic carbocycles. The number of carbonyl (C=O) groups is 1. The molecule has 5 nitrogen and oxygen atoms in total. The summed E-state index contributed by atoms with van der Waals surface area (Å²) in [5, 5.41) is 11.1. The third-order valence-electron chi connectivity index (χ3n) is 8.54. The SMILES string of the molecule is CCC(=O)N1c2c(ccc(OC)c2O)[C@]23CCN4CCC[C@@](CC)(CC[C@@H]12)[C@H]43. The second-order valence-corrected chi connectivity index (χ2v) is 9.23. The quantitative estimate of drug-likeness (QED) is 0.861. The van der Waals surface area contributed by atoms with E-state index in [2.05, 4.69) is 17.9 Å². The van der Waals surface area contributed by atoms with Crippen LogP contribution in [0.2, 0.25) is 0 Å². The summed E-state index contributed by atoms with van der Waals surface area (Å²) in [6.45, 7) is 6.54. The van der Waals surface area contributed by atoms with E-state index in [0.717, 1.165) is 25.1 Å². The van der Waals surface area contributed by atoms with Crippen LogP contribution in [0.1, 0.15) is 64.4 Å². The van der Waals surface area contributed by atoms with E-state index in [4.69, 9.17) is 4.74 Å². The van der Waals surface area contributed by atoms with E-state index in [0.29, 0.717) is 23.6 Å². The van der Waals surface area contributed by atoms with Gasteiger partial charge in [0, 0.05) is 23.9 Å². The summed E-state index contributed by atoms with van der Waals surface area (Å²) in [5.74, 6) is 0.717.